The van der Waals surface area contributed by atoms with Crippen LogP contribution >= 0.6 is 0 Å². The van der Waals surface area contributed by atoms with Crippen LogP contribution in [0.3, 0.4) is 0 Å². The molecule has 34 heavy (non-hydrogen) atoms. The fourth-order valence-corrected chi connectivity index (χ4v) is 5.64. The SMILES string of the molecule is CC1CC(Nc2nc(N3CCN(C)CC3)ncc2-c2cnc3[nH]ccc3n2)CN(S(C)(=O)=O)C1. The summed E-state index contributed by atoms with van der Waals surface area (Å²) in [5.41, 5.74) is 2.90. The van der Waals surface area contributed by atoms with Crippen LogP contribution in [0.4, 0.5) is 11.8 Å². The van der Waals surface area contributed by atoms with Gasteiger partial charge in [-0.05, 0) is 25.5 Å². The minimum Gasteiger partial charge on any atom is -0.365 e. The van der Waals surface area contributed by atoms with Gasteiger partial charge in [-0.2, -0.15) is 9.29 Å². The fourth-order valence-electron chi connectivity index (χ4n) is 4.66. The fraction of sp³-hybridized carbons (Fsp3) is 0.545. The number of aromatic nitrogens is 5. The van der Waals surface area contributed by atoms with Crippen molar-refractivity contribution in [2.24, 2.45) is 5.92 Å². The Kier molecular flexibility index (Phi) is 6.13. The third-order valence-electron chi connectivity index (χ3n) is 6.53. The average molecular weight is 486 g/mol. The molecule has 12 heteroatoms. The molecule has 2 atom stereocenters. The molecule has 5 rings (SSSR count). The highest BCUT2D eigenvalue weighted by Gasteiger charge is 2.31. The third-order valence-corrected chi connectivity index (χ3v) is 7.77. The quantitative estimate of drug-likeness (QED) is 0.549. The molecule has 5 heterocycles. The molecule has 2 fully saturated rings. The maximum absolute atomic E-state index is 12.2. The van der Waals surface area contributed by atoms with Gasteiger partial charge in [-0.1, -0.05) is 6.92 Å². The molecule has 2 aliphatic heterocycles. The van der Waals surface area contributed by atoms with Crippen molar-refractivity contribution in [3.63, 3.8) is 0 Å². The zero-order valence-electron chi connectivity index (χ0n) is 19.8. The molecular weight excluding hydrogens is 454 g/mol. The Bertz CT molecular complexity index is 1270. The standard InChI is InChI=1S/C22H31N9O2S/c1-15-10-16(14-31(13-15)34(3,32)33)26-20-17(19-12-24-21-18(27-19)4-5-23-21)11-25-22(28-20)30-8-6-29(2)7-9-30/h4-5,11-12,15-16H,6-10,13-14H2,1-3H3,(H,23,24)(H,25,26,28). The molecule has 11 nitrogen and oxygen atoms in total. The van der Waals surface area contributed by atoms with E-state index in [1.54, 1.807) is 16.7 Å². The van der Waals surface area contributed by atoms with Crippen molar-refractivity contribution >= 4 is 33.0 Å². The Morgan fingerprint density at radius 1 is 1.09 bits per heavy atom. The number of hydrogen-bond donors (Lipinski definition) is 2. The van der Waals surface area contributed by atoms with E-state index in [-0.39, 0.29) is 12.0 Å². The molecule has 3 aromatic heterocycles. The van der Waals surface area contributed by atoms with Gasteiger partial charge in [0, 0.05) is 57.7 Å². The maximum Gasteiger partial charge on any atom is 0.227 e. The maximum atomic E-state index is 12.2. The van der Waals surface area contributed by atoms with Crippen LogP contribution in [0, 0.1) is 5.92 Å². The molecule has 2 saturated heterocycles. The largest absolute Gasteiger partial charge is 0.365 e. The third kappa shape index (κ3) is 4.84. The molecule has 0 bridgehead atoms. The topological polar surface area (TPSA) is 123 Å². The van der Waals surface area contributed by atoms with Crippen LogP contribution in [0.25, 0.3) is 22.4 Å². The van der Waals surface area contributed by atoms with Gasteiger partial charge < -0.3 is 20.1 Å². The van der Waals surface area contributed by atoms with Gasteiger partial charge in [0.05, 0.1) is 23.7 Å². The number of nitrogens with zero attached hydrogens (tertiary/aromatic N) is 7. The highest BCUT2D eigenvalue weighted by atomic mass is 32.2. The molecule has 0 spiro atoms. The van der Waals surface area contributed by atoms with Gasteiger partial charge >= 0.3 is 0 Å². The van der Waals surface area contributed by atoms with Gasteiger partial charge in [0.2, 0.25) is 16.0 Å². The molecule has 3 aromatic rings. The number of rotatable bonds is 5. The average Bonchev–Trinajstić information content (AvgIpc) is 3.26. The molecule has 182 valence electrons. The van der Waals surface area contributed by atoms with Gasteiger partial charge in [-0.3, -0.25) is 0 Å². The first-order valence-electron chi connectivity index (χ1n) is 11.6. The number of likely N-dealkylation sites (N-methyl/N-ethyl adjacent to an activating group) is 1. The van der Waals surface area contributed by atoms with Crippen LogP contribution < -0.4 is 10.2 Å². The van der Waals surface area contributed by atoms with E-state index in [1.165, 1.54) is 6.26 Å². The Hall–Kier alpha value is -2.83. The molecule has 0 saturated carbocycles. The second-order valence-electron chi connectivity index (χ2n) is 9.45. The van der Waals surface area contributed by atoms with Crippen molar-refractivity contribution in [3.05, 3.63) is 24.7 Å². The summed E-state index contributed by atoms with van der Waals surface area (Å²) in [6.45, 7) is 6.63. The van der Waals surface area contributed by atoms with E-state index in [0.29, 0.717) is 30.5 Å². The molecule has 2 unspecified atom stereocenters. The molecule has 0 amide bonds. The lowest BCUT2D eigenvalue weighted by molar-refractivity contribution is 0.265. The lowest BCUT2D eigenvalue weighted by Crippen LogP contribution is -2.48. The van der Waals surface area contributed by atoms with Crippen molar-refractivity contribution in [2.45, 2.75) is 19.4 Å². The number of piperazine rings is 1. The van der Waals surface area contributed by atoms with Crippen molar-refractivity contribution < 1.29 is 8.42 Å². The van der Waals surface area contributed by atoms with Gasteiger partial charge in [0.1, 0.15) is 11.3 Å². The molecule has 0 aromatic carbocycles. The number of hydrogen-bond acceptors (Lipinski definition) is 9. The number of fused-ring (bicyclic) bond motifs is 1. The summed E-state index contributed by atoms with van der Waals surface area (Å²) >= 11 is 0. The lowest BCUT2D eigenvalue weighted by atomic mass is 9.97. The van der Waals surface area contributed by atoms with E-state index in [9.17, 15) is 8.42 Å². The summed E-state index contributed by atoms with van der Waals surface area (Å²) in [6, 6.07) is 1.81. The van der Waals surface area contributed by atoms with E-state index in [0.717, 1.165) is 49.3 Å². The highest BCUT2D eigenvalue weighted by molar-refractivity contribution is 7.88. The number of piperidine rings is 1. The summed E-state index contributed by atoms with van der Waals surface area (Å²) < 4.78 is 26.0. The summed E-state index contributed by atoms with van der Waals surface area (Å²) in [4.78, 5) is 26.3. The number of aromatic amines is 1. The lowest BCUT2D eigenvalue weighted by Gasteiger charge is -2.36. The number of H-pyrrole nitrogens is 1. The second-order valence-corrected chi connectivity index (χ2v) is 11.4. The molecule has 0 radical (unpaired) electrons. The van der Waals surface area contributed by atoms with Gasteiger partial charge in [-0.15, -0.1) is 0 Å². The van der Waals surface area contributed by atoms with Crippen molar-refractivity contribution in [1.29, 1.82) is 0 Å². The Morgan fingerprint density at radius 2 is 1.88 bits per heavy atom. The van der Waals surface area contributed by atoms with E-state index < -0.39 is 10.0 Å². The van der Waals surface area contributed by atoms with Crippen molar-refractivity contribution in [3.8, 4) is 11.3 Å². The molecular formula is C22H31N9O2S. The van der Waals surface area contributed by atoms with Gasteiger partial charge in [0.25, 0.3) is 0 Å². The van der Waals surface area contributed by atoms with E-state index in [2.05, 4.69) is 44.0 Å². The number of sulfonamides is 1. The second kappa shape index (κ2) is 9.08. The summed E-state index contributed by atoms with van der Waals surface area (Å²) in [5.74, 6) is 1.55. The van der Waals surface area contributed by atoms with Gasteiger partial charge in [-0.25, -0.2) is 23.4 Å². The summed E-state index contributed by atoms with van der Waals surface area (Å²) in [6.07, 6.45) is 7.44. The highest BCUT2D eigenvalue weighted by Crippen LogP contribution is 2.30. The van der Waals surface area contributed by atoms with Crippen LogP contribution in [-0.4, -0.2) is 101 Å². The zero-order valence-corrected chi connectivity index (χ0v) is 20.6. The number of nitrogens with one attached hydrogen (secondary N) is 2. The smallest absolute Gasteiger partial charge is 0.227 e. The normalized spacial score (nSPS) is 22.9. The van der Waals surface area contributed by atoms with Crippen LogP contribution in [0.2, 0.25) is 0 Å². The first kappa shape index (κ1) is 22.9. The first-order chi connectivity index (χ1) is 16.3. The minimum atomic E-state index is -3.27. The van der Waals surface area contributed by atoms with E-state index in [1.807, 2.05) is 12.3 Å². The zero-order chi connectivity index (χ0) is 23.9. The van der Waals surface area contributed by atoms with Crippen LogP contribution in [0.5, 0.6) is 0 Å². The van der Waals surface area contributed by atoms with Crippen LogP contribution in [-0.2, 0) is 10.0 Å². The van der Waals surface area contributed by atoms with E-state index >= 15 is 0 Å². The van der Waals surface area contributed by atoms with Gasteiger partial charge in [0.15, 0.2) is 5.65 Å². The summed E-state index contributed by atoms with van der Waals surface area (Å²) in [5, 5.41) is 3.54. The van der Waals surface area contributed by atoms with E-state index in [4.69, 9.17) is 9.97 Å². The van der Waals surface area contributed by atoms with Crippen molar-refractivity contribution in [1.82, 2.24) is 34.1 Å². The van der Waals surface area contributed by atoms with Crippen molar-refractivity contribution in [2.75, 3.05) is 62.8 Å². The molecule has 0 aliphatic carbocycles. The number of anilines is 2. The monoisotopic (exact) mass is 485 g/mol. The molecule has 2 aliphatic rings. The van der Waals surface area contributed by atoms with Crippen LogP contribution in [0.1, 0.15) is 13.3 Å². The molecule has 2 N–H and O–H groups in total. The first-order valence-corrected chi connectivity index (χ1v) is 13.4. The Balaban J connectivity index is 1.50. The Morgan fingerprint density at radius 3 is 2.65 bits per heavy atom. The summed E-state index contributed by atoms with van der Waals surface area (Å²) in [7, 11) is -1.16. The predicted molar refractivity (Wildman–Crippen MR) is 132 cm³/mol. The minimum absolute atomic E-state index is 0.0728. The van der Waals surface area contributed by atoms with Crippen LogP contribution in [0.15, 0.2) is 24.7 Å². The predicted octanol–water partition coefficient (Wildman–Crippen LogP) is 1.25. The Labute approximate surface area is 199 Å².